The van der Waals surface area contributed by atoms with E-state index in [-0.39, 0.29) is 18.6 Å². The first-order chi connectivity index (χ1) is 12.0. The van der Waals surface area contributed by atoms with Gasteiger partial charge in [0.05, 0.1) is 18.1 Å². The Balaban J connectivity index is 1.66. The molecule has 1 N–H and O–H groups in total. The van der Waals surface area contributed by atoms with Gasteiger partial charge in [0.15, 0.2) is 0 Å². The number of benzene rings is 1. The van der Waals surface area contributed by atoms with Crippen LogP contribution in [0.5, 0.6) is 5.75 Å². The highest BCUT2D eigenvalue weighted by Crippen LogP contribution is 2.31. The van der Waals surface area contributed by atoms with Crippen molar-refractivity contribution < 1.29 is 9.53 Å². The van der Waals surface area contributed by atoms with Gasteiger partial charge >= 0.3 is 0 Å². The Bertz CT molecular complexity index is 607. The van der Waals surface area contributed by atoms with E-state index in [2.05, 4.69) is 30.1 Å². The summed E-state index contributed by atoms with van der Waals surface area (Å²) < 4.78 is 5.56. The van der Waals surface area contributed by atoms with Crippen molar-refractivity contribution in [3.05, 3.63) is 39.9 Å². The zero-order valence-electron chi connectivity index (χ0n) is 14.9. The lowest BCUT2D eigenvalue weighted by Gasteiger charge is -2.31. The zero-order valence-corrected chi connectivity index (χ0v) is 16.4. The van der Waals surface area contributed by atoms with Gasteiger partial charge in [0, 0.05) is 25.7 Å². The topological polar surface area (TPSA) is 41.6 Å². The molecule has 138 valence electrons. The average molecular weight is 385 g/mol. The molecule has 0 aromatic heterocycles. The molecule has 1 aromatic carbocycles. The monoisotopic (exact) mass is 384 g/mol. The van der Waals surface area contributed by atoms with Crippen LogP contribution >= 0.6 is 23.2 Å². The Morgan fingerprint density at radius 2 is 2.04 bits per heavy atom. The van der Waals surface area contributed by atoms with Crippen molar-refractivity contribution in [3.8, 4) is 5.75 Å². The van der Waals surface area contributed by atoms with Crippen molar-refractivity contribution >= 4 is 29.1 Å². The van der Waals surface area contributed by atoms with Crippen molar-refractivity contribution in [2.45, 2.75) is 39.2 Å². The maximum absolute atomic E-state index is 12.1. The minimum Gasteiger partial charge on any atom is -0.491 e. The lowest BCUT2D eigenvalue weighted by atomic mass is 10.0. The van der Waals surface area contributed by atoms with Crippen molar-refractivity contribution in [2.24, 2.45) is 0 Å². The Kier molecular flexibility index (Phi) is 8.07. The van der Waals surface area contributed by atoms with Crippen molar-refractivity contribution in [3.63, 3.8) is 0 Å². The summed E-state index contributed by atoms with van der Waals surface area (Å²) in [5, 5.41) is 3.93. The highest BCUT2D eigenvalue weighted by atomic mass is 35.5. The number of hydrogen-bond donors (Lipinski definition) is 1. The van der Waals surface area contributed by atoms with Crippen molar-refractivity contribution in [1.82, 2.24) is 10.2 Å². The van der Waals surface area contributed by atoms with Crippen LogP contribution in [-0.2, 0) is 4.79 Å². The van der Waals surface area contributed by atoms with Gasteiger partial charge in [-0.05, 0) is 38.8 Å². The van der Waals surface area contributed by atoms with E-state index in [1.807, 2.05) is 0 Å². The fourth-order valence-corrected chi connectivity index (χ4v) is 3.07. The molecule has 1 fully saturated rings. The molecule has 1 amide bonds. The van der Waals surface area contributed by atoms with Crippen LogP contribution in [0.2, 0.25) is 10.0 Å². The number of likely N-dealkylation sites (tertiary alicyclic amines) is 1. The van der Waals surface area contributed by atoms with E-state index in [1.165, 1.54) is 5.57 Å². The van der Waals surface area contributed by atoms with Gasteiger partial charge in [-0.25, -0.2) is 0 Å². The molecule has 0 spiro atoms. The van der Waals surface area contributed by atoms with Crippen LogP contribution in [0, 0.1) is 0 Å². The minimum atomic E-state index is 0.0147. The number of ether oxygens (including phenoxy) is 1. The predicted octanol–water partition coefficient (Wildman–Crippen LogP) is 4.31. The minimum absolute atomic E-state index is 0.0147. The number of carbonyl (C=O) groups excluding carboxylic acids is 1. The SMILES string of the molecule is CC(C)=CCN1CCC(NC(=O)CCOc2cccc(Cl)c2Cl)CC1. The Labute approximate surface area is 160 Å². The third kappa shape index (κ3) is 6.89. The maximum atomic E-state index is 12.1. The largest absolute Gasteiger partial charge is 0.491 e. The third-order valence-electron chi connectivity index (χ3n) is 4.21. The van der Waals surface area contributed by atoms with Crippen LogP contribution in [0.4, 0.5) is 0 Å². The van der Waals surface area contributed by atoms with E-state index in [0.717, 1.165) is 32.5 Å². The molecule has 1 saturated heterocycles. The van der Waals surface area contributed by atoms with E-state index < -0.39 is 0 Å². The molecule has 1 heterocycles. The molecule has 0 bridgehead atoms. The normalized spacial score (nSPS) is 15.7. The van der Waals surface area contributed by atoms with Gasteiger partial charge in [0.2, 0.25) is 5.91 Å². The van der Waals surface area contributed by atoms with Gasteiger partial charge in [-0.2, -0.15) is 0 Å². The molecule has 0 atom stereocenters. The van der Waals surface area contributed by atoms with Crippen LogP contribution in [0.3, 0.4) is 0 Å². The zero-order chi connectivity index (χ0) is 18.2. The number of carbonyl (C=O) groups is 1. The van der Waals surface area contributed by atoms with E-state index in [4.69, 9.17) is 27.9 Å². The van der Waals surface area contributed by atoms with Crippen LogP contribution in [-0.4, -0.2) is 43.1 Å². The van der Waals surface area contributed by atoms with E-state index >= 15 is 0 Å². The second-order valence-corrected chi connectivity index (χ2v) is 7.36. The first-order valence-electron chi connectivity index (χ1n) is 8.67. The second-order valence-electron chi connectivity index (χ2n) is 6.57. The Morgan fingerprint density at radius 1 is 1.32 bits per heavy atom. The number of halogens is 2. The summed E-state index contributed by atoms with van der Waals surface area (Å²) in [6.45, 7) is 7.55. The maximum Gasteiger partial charge on any atom is 0.223 e. The quantitative estimate of drug-likeness (QED) is 0.712. The van der Waals surface area contributed by atoms with Gasteiger partial charge in [-0.15, -0.1) is 0 Å². The van der Waals surface area contributed by atoms with Gasteiger partial charge in [0.25, 0.3) is 0 Å². The van der Waals surface area contributed by atoms with Gasteiger partial charge < -0.3 is 10.1 Å². The van der Waals surface area contributed by atoms with Crippen LogP contribution in [0.25, 0.3) is 0 Å². The first-order valence-corrected chi connectivity index (χ1v) is 9.43. The summed E-state index contributed by atoms with van der Waals surface area (Å²) in [5.74, 6) is 0.524. The van der Waals surface area contributed by atoms with Crippen LogP contribution in [0.1, 0.15) is 33.1 Å². The van der Waals surface area contributed by atoms with Crippen molar-refractivity contribution in [1.29, 1.82) is 0 Å². The molecule has 0 saturated carbocycles. The van der Waals surface area contributed by atoms with Gasteiger partial charge in [-0.1, -0.05) is 40.9 Å². The van der Waals surface area contributed by atoms with Crippen molar-refractivity contribution in [2.75, 3.05) is 26.2 Å². The number of amides is 1. The van der Waals surface area contributed by atoms with Crippen LogP contribution in [0.15, 0.2) is 29.8 Å². The van der Waals surface area contributed by atoms with E-state index in [1.54, 1.807) is 18.2 Å². The highest BCUT2D eigenvalue weighted by Gasteiger charge is 2.20. The second kappa shape index (κ2) is 10.0. The van der Waals surface area contributed by atoms with E-state index in [9.17, 15) is 4.79 Å². The summed E-state index contributed by atoms with van der Waals surface area (Å²) in [5.41, 5.74) is 1.34. The van der Waals surface area contributed by atoms with E-state index in [0.29, 0.717) is 22.2 Å². The third-order valence-corrected chi connectivity index (χ3v) is 5.01. The standard InChI is InChI=1S/C19H26Cl2N2O2/c1-14(2)6-10-23-11-7-15(8-12-23)22-18(24)9-13-25-17-5-3-4-16(20)19(17)21/h3-6,15H,7-13H2,1-2H3,(H,22,24). The number of hydrogen-bond acceptors (Lipinski definition) is 3. The number of allylic oxidation sites excluding steroid dienone is 1. The number of nitrogens with one attached hydrogen (secondary N) is 1. The molecule has 2 rings (SSSR count). The molecule has 1 aliphatic rings. The molecule has 0 unspecified atom stereocenters. The Morgan fingerprint density at radius 3 is 2.72 bits per heavy atom. The molecule has 25 heavy (non-hydrogen) atoms. The Hall–Kier alpha value is -1.23. The highest BCUT2D eigenvalue weighted by molar-refractivity contribution is 6.42. The molecular formula is C19H26Cl2N2O2. The predicted molar refractivity (Wildman–Crippen MR) is 104 cm³/mol. The molecule has 6 heteroatoms. The molecule has 1 aromatic rings. The average Bonchev–Trinajstić information content (AvgIpc) is 2.58. The molecule has 1 aliphatic heterocycles. The van der Waals surface area contributed by atoms with Crippen LogP contribution < -0.4 is 10.1 Å². The fraction of sp³-hybridized carbons (Fsp3) is 0.526. The lowest BCUT2D eigenvalue weighted by Crippen LogP contribution is -2.44. The summed E-state index contributed by atoms with van der Waals surface area (Å²) in [6, 6.07) is 5.47. The van der Waals surface area contributed by atoms with Gasteiger partial charge in [0.1, 0.15) is 10.8 Å². The summed E-state index contributed by atoms with van der Waals surface area (Å²) in [4.78, 5) is 14.5. The molecule has 0 aliphatic carbocycles. The molecule has 0 radical (unpaired) electrons. The smallest absolute Gasteiger partial charge is 0.223 e. The first kappa shape index (κ1) is 20.1. The summed E-state index contributed by atoms with van der Waals surface area (Å²) in [7, 11) is 0. The summed E-state index contributed by atoms with van der Waals surface area (Å²) >= 11 is 12.0. The fourth-order valence-electron chi connectivity index (χ4n) is 2.72. The number of rotatable bonds is 7. The molecule has 4 nitrogen and oxygen atoms in total. The molecular weight excluding hydrogens is 359 g/mol. The lowest BCUT2D eigenvalue weighted by molar-refractivity contribution is -0.122. The van der Waals surface area contributed by atoms with Gasteiger partial charge in [-0.3, -0.25) is 9.69 Å². The summed E-state index contributed by atoms with van der Waals surface area (Å²) in [6.07, 6.45) is 4.53. The number of piperidine rings is 1. The number of nitrogens with zero attached hydrogens (tertiary/aromatic N) is 1.